The summed E-state index contributed by atoms with van der Waals surface area (Å²) in [6, 6.07) is 8.67. The molecule has 190 valence electrons. The topological polar surface area (TPSA) is 95.1 Å². The van der Waals surface area contributed by atoms with E-state index in [9.17, 15) is 18.0 Å². The van der Waals surface area contributed by atoms with E-state index in [1.807, 2.05) is 6.07 Å². The van der Waals surface area contributed by atoms with Gasteiger partial charge in [0.25, 0.3) is 5.91 Å². The number of thiophene rings is 1. The van der Waals surface area contributed by atoms with E-state index >= 15 is 0 Å². The van der Waals surface area contributed by atoms with Crippen LogP contribution < -0.4 is 15.8 Å². The standard InChI is InChI=1S/C25H26F3N5O2S/c1-14(16-7-5-6-8-17(16)25(26,27)28)35-20-10-21(36-22(20)23(29)34)33-13-31-18-12-30-15(9-19(18)33)11-32-24(2,3)4/h5-10,12-14,32H,11H2,1-4H3,(H2,29,34)/t14-/m1/s1. The van der Waals surface area contributed by atoms with Gasteiger partial charge in [0.05, 0.1) is 23.0 Å². The van der Waals surface area contributed by atoms with E-state index in [2.05, 4.69) is 36.1 Å². The van der Waals surface area contributed by atoms with Crippen LogP contribution in [0.5, 0.6) is 5.75 Å². The Morgan fingerprint density at radius 1 is 1.19 bits per heavy atom. The molecule has 0 fully saturated rings. The molecule has 0 aliphatic rings. The zero-order valence-electron chi connectivity index (χ0n) is 20.2. The molecule has 7 nitrogen and oxygen atoms in total. The van der Waals surface area contributed by atoms with Crippen molar-refractivity contribution in [2.24, 2.45) is 5.73 Å². The number of nitrogens with zero attached hydrogens (tertiary/aromatic N) is 3. The van der Waals surface area contributed by atoms with Crippen molar-refractivity contribution in [1.82, 2.24) is 19.9 Å². The summed E-state index contributed by atoms with van der Waals surface area (Å²) in [5.41, 5.74) is 6.88. The van der Waals surface area contributed by atoms with Crippen LogP contribution in [0.2, 0.25) is 0 Å². The smallest absolute Gasteiger partial charge is 0.416 e. The van der Waals surface area contributed by atoms with E-state index in [4.69, 9.17) is 10.5 Å². The number of nitrogens with one attached hydrogen (secondary N) is 1. The van der Waals surface area contributed by atoms with E-state index in [-0.39, 0.29) is 21.7 Å². The molecule has 4 rings (SSSR count). The lowest BCUT2D eigenvalue weighted by molar-refractivity contribution is -0.139. The molecule has 3 heterocycles. The van der Waals surface area contributed by atoms with Crippen LogP contribution in [0.25, 0.3) is 16.0 Å². The van der Waals surface area contributed by atoms with Gasteiger partial charge in [-0.25, -0.2) is 4.98 Å². The highest BCUT2D eigenvalue weighted by atomic mass is 32.1. The fourth-order valence-corrected chi connectivity index (χ4v) is 4.61. The number of halogens is 3. The maximum Gasteiger partial charge on any atom is 0.416 e. The molecule has 0 saturated carbocycles. The SMILES string of the molecule is C[C@@H](Oc1cc(-n2cnc3cnc(CNC(C)(C)C)cc32)sc1C(N)=O)c1ccccc1C(F)(F)F. The van der Waals surface area contributed by atoms with Crippen LogP contribution in [0.1, 0.15) is 60.3 Å². The minimum Gasteiger partial charge on any atom is -0.484 e. The highest BCUT2D eigenvalue weighted by molar-refractivity contribution is 7.16. The third-order valence-corrected chi connectivity index (χ3v) is 6.57. The van der Waals surface area contributed by atoms with Gasteiger partial charge in [-0.3, -0.25) is 14.3 Å². The maximum absolute atomic E-state index is 13.5. The van der Waals surface area contributed by atoms with E-state index in [0.29, 0.717) is 17.1 Å². The summed E-state index contributed by atoms with van der Waals surface area (Å²) < 4.78 is 48.1. The van der Waals surface area contributed by atoms with Crippen LogP contribution in [-0.4, -0.2) is 26.0 Å². The van der Waals surface area contributed by atoms with E-state index in [1.54, 1.807) is 23.2 Å². The molecule has 3 N–H and O–H groups in total. The monoisotopic (exact) mass is 517 g/mol. The van der Waals surface area contributed by atoms with Crippen molar-refractivity contribution in [2.75, 3.05) is 0 Å². The molecule has 1 atom stereocenters. The first kappa shape index (κ1) is 25.6. The van der Waals surface area contributed by atoms with Gasteiger partial charge >= 0.3 is 6.18 Å². The van der Waals surface area contributed by atoms with Crippen LogP contribution in [-0.2, 0) is 12.7 Å². The van der Waals surface area contributed by atoms with Gasteiger partial charge in [-0.1, -0.05) is 18.2 Å². The molecule has 0 saturated heterocycles. The predicted molar refractivity (Wildman–Crippen MR) is 132 cm³/mol. The van der Waals surface area contributed by atoms with Crippen molar-refractivity contribution in [3.8, 4) is 10.8 Å². The van der Waals surface area contributed by atoms with Crippen molar-refractivity contribution in [2.45, 2.75) is 52.1 Å². The van der Waals surface area contributed by atoms with Crippen molar-refractivity contribution in [1.29, 1.82) is 0 Å². The van der Waals surface area contributed by atoms with Crippen LogP contribution in [0.4, 0.5) is 13.2 Å². The lowest BCUT2D eigenvalue weighted by atomic mass is 10.0. The summed E-state index contributed by atoms with van der Waals surface area (Å²) >= 11 is 1.08. The van der Waals surface area contributed by atoms with Gasteiger partial charge in [0.15, 0.2) is 0 Å². The minimum absolute atomic E-state index is 0.0386. The number of primary amides is 1. The number of hydrogen-bond donors (Lipinski definition) is 2. The number of benzene rings is 1. The zero-order chi connectivity index (χ0) is 26.3. The largest absolute Gasteiger partial charge is 0.484 e. The second kappa shape index (κ2) is 9.55. The van der Waals surface area contributed by atoms with Gasteiger partial charge in [0.1, 0.15) is 33.6 Å². The molecule has 0 bridgehead atoms. The van der Waals surface area contributed by atoms with E-state index < -0.39 is 23.8 Å². The highest BCUT2D eigenvalue weighted by Crippen LogP contribution is 2.39. The highest BCUT2D eigenvalue weighted by Gasteiger charge is 2.35. The van der Waals surface area contributed by atoms with Crippen LogP contribution >= 0.6 is 11.3 Å². The van der Waals surface area contributed by atoms with Gasteiger partial charge in [-0.05, 0) is 39.8 Å². The number of alkyl halides is 3. The number of pyridine rings is 1. The Bertz CT molecular complexity index is 1400. The lowest BCUT2D eigenvalue weighted by Crippen LogP contribution is -2.35. The number of amides is 1. The summed E-state index contributed by atoms with van der Waals surface area (Å²) in [6.07, 6.45) is -2.26. The summed E-state index contributed by atoms with van der Waals surface area (Å²) in [5, 5.41) is 3.97. The Morgan fingerprint density at radius 3 is 2.58 bits per heavy atom. The van der Waals surface area contributed by atoms with Crippen molar-refractivity contribution in [3.05, 3.63) is 70.6 Å². The van der Waals surface area contributed by atoms with Crippen LogP contribution in [0.15, 0.2) is 48.9 Å². The average molecular weight is 518 g/mol. The second-order valence-corrected chi connectivity index (χ2v) is 10.4. The molecule has 0 aliphatic heterocycles. The van der Waals surface area contributed by atoms with Gasteiger partial charge in [-0.15, -0.1) is 11.3 Å². The lowest BCUT2D eigenvalue weighted by Gasteiger charge is -2.20. The average Bonchev–Trinajstić information content (AvgIpc) is 3.40. The summed E-state index contributed by atoms with van der Waals surface area (Å²) in [4.78, 5) is 21.1. The third-order valence-electron chi connectivity index (χ3n) is 5.44. The fraction of sp³-hybridized carbons (Fsp3) is 0.320. The molecule has 0 unspecified atom stereocenters. The minimum atomic E-state index is -4.54. The quantitative estimate of drug-likeness (QED) is 0.331. The number of hydrogen-bond acceptors (Lipinski definition) is 6. The first-order valence-electron chi connectivity index (χ1n) is 11.2. The molecule has 0 radical (unpaired) electrons. The number of carbonyl (C=O) groups excluding carboxylic acids is 1. The Labute approximate surface area is 210 Å². The number of carbonyl (C=O) groups is 1. The molecule has 36 heavy (non-hydrogen) atoms. The second-order valence-electron chi connectivity index (χ2n) is 9.37. The molecule has 0 aliphatic carbocycles. The Morgan fingerprint density at radius 2 is 1.92 bits per heavy atom. The molecular weight excluding hydrogens is 491 g/mol. The number of fused-ring (bicyclic) bond motifs is 1. The molecule has 4 aromatic rings. The van der Waals surface area contributed by atoms with E-state index in [1.165, 1.54) is 25.1 Å². The molecule has 1 aromatic carbocycles. The van der Waals surface area contributed by atoms with Crippen molar-refractivity contribution >= 4 is 28.3 Å². The van der Waals surface area contributed by atoms with Gasteiger partial charge in [-0.2, -0.15) is 13.2 Å². The predicted octanol–water partition coefficient (Wildman–Crippen LogP) is 5.63. The Balaban J connectivity index is 1.69. The fourth-order valence-electron chi connectivity index (χ4n) is 3.69. The number of nitrogens with two attached hydrogens (primary N) is 1. The van der Waals surface area contributed by atoms with E-state index in [0.717, 1.165) is 28.6 Å². The number of aromatic nitrogens is 3. The molecule has 3 aromatic heterocycles. The van der Waals surface area contributed by atoms with Gasteiger partial charge < -0.3 is 15.8 Å². The summed E-state index contributed by atoms with van der Waals surface area (Å²) in [5.74, 6) is -0.629. The Hall–Kier alpha value is -3.44. The Kier molecular flexibility index (Phi) is 6.80. The molecule has 0 spiro atoms. The third kappa shape index (κ3) is 5.52. The molecule has 1 amide bonds. The molecule has 11 heteroatoms. The summed E-state index contributed by atoms with van der Waals surface area (Å²) in [7, 11) is 0. The molecular formula is C25H26F3N5O2S. The normalized spacial score (nSPS) is 13.2. The zero-order valence-corrected chi connectivity index (χ0v) is 21.0. The van der Waals surface area contributed by atoms with Crippen LogP contribution in [0.3, 0.4) is 0 Å². The number of imidazole rings is 1. The summed E-state index contributed by atoms with van der Waals surface area (Å²) in [6.45, 7) is 8.22. The van der Waals surface area contributed by atoms with Crippen molar-refractivity contribution in [3.63, 3.8) is 0 Å². The maximum atomic E-state index is 13.5. The first-order valence-corrected chi connectivity index (χ1v) is 12.0. The number of ether oxygens (including phenoxy) is 1. The van der Waals surface area contributed by atoms with Gasteiger partial charge in [0.2, 0.25) is 0 Å². The van der Waals surface area contributed by atoms with Crippen molar-refractivity contribution < 1.29 is 22.7 Å². The van der Waals surface area contributed by atoms with Gasteiger partial charge in [0, 0.05) is 23.7 Å². The van der Waals surface area contributed by atoms with Crippen LogP contribution in [0, 0.1) is 0 Å². The first-order chi connectivity index (χ1) is 16.8. The number of rotatable bonds is 7.